The molecule has 150 valence electrons. The molecule has 9 heteroatoms. The second-order valence-electron chi connectivity index (χ2n) is 6.77. The maximum Gasteiger partial charge on any atom is 0.209 e. The number of nitrogen functional groups attached to an aromatic ring is 1. The van der Waals surface area contributed by atoms with Gasteiger partial charge in [-0.15, -0.1) is 0 Å². The summed E-state index contributed by atoms with van der Waals surface area (Å²) in [6, 6.07) is 12.3. The van der Waals surface area contributed by atoms with Crippen LogP contribution in [0.5, 0.6) is 0 Å². The number of ketones is 1. The fourth-order valence-corrected chi connectivity index (χ4v) is 5.67. The molecule has 0 saturated heterocycles. The van der Waals surface area contributed by atoms with E-state index in [-0.39, 0.29) is 32.1 Å². The van der Waals surface area contributed by atoms with Gasteiger partial charge in [0.25, 0.3) is 0 Å². The average Bonchev–Trinajstić information content (AvgIpc) is 3.42. The van der Waals surface area contributed by atoms with Gasteiger partial charge < -0.3 is 11.1 Å². The van der Waals surface area contributed by atoms with E-state index in [2.05, 4.69) is 10.3 Å². The minimum absolute atomic E-state index is 0.104. The lowest BCUT2D eigenvalue weighted by molar-refractivity contribution is 0.104. The number of rotatable bonds is 7. The van der Waals surface area contributed by atoms with Gasteiger partial charge in [0.2, 0.25) is 5.78 Å². The largest absolute Gasteiger partial charge is 0.382 e. The Balaban J connectivity index is 1.55. The molecule has 0 spiro atoms. The van der Waals surface area contributed by atoms with Crippen LogP contribution in [0.3, 0.4) is 0 Å². The zero-order valence-electron chi connectivity index (χ0n) is 15.2. The van der Waals surface area contributed by atoms with Gasteiger partial charge in [0.1, 0.15) is 10.7 Å². The van der Waals surface area contributed by atoms with E-state index in [1.165, 1.54) is 0 Å². The highest BCUT2D eigenvalue weighted by Gasteiger charge is 2.25. The smallest absolute Gasteiger partial charge is 0.209 e. The van der Waals surface area contributed by atoms with E-state index in [0.29, 0.717) is 16.8 Å². The van der Waals surface area contributed by atoms with Crippen molar-refractivity contribution in [1.82, 2.24) is 4.98 Å². The number of aromatic nitrogens is 1. The first-order valence-electron chi connectivity index (χ1n) is 8.93. The number of hydrogen-bond donors (Lipinski definition) is 2. The standard InChI is InChI=1S/C20H17Cl2N3O2S2/c21-14-5-2-6-15(22)16(14)17(26)18-19(23)25-20(28-18)24-12-3-1-4-13(9-12)29(27)10-11-7-8-11/h1-6,9,11H,7-8,10,23H2,(H,24,25). The van der Waals surface area contributed by atoms with Crippen molar-refractivity contribution in [3.05, 3.63) is 63.0 Å². The number of halogens is 2. The number of carbonyl (C=O) groups is 1. The van der Waals surface area contributed by atoms with Crippen LogP contribution in [0, 0.1) is 5.92 Å². The van der Waals surface area contributed by atoms with Gasteiger partial charge in [-0.2, -0.15) is 0 Å². The fourth-order valence-electron chi connectivity index (χ4n) is 2.81. The maximum atomic E-state index is 12.9. The molecular formula is C20H17Cl2N3O2S2. The molecule has 0 amide bonds. The molecule has 3 N–H and O–H groups in total. The normalized spacial score (nSPS) is 14.6. The number of carbonyl (C=O) groups excluding carboxylic acids is 1. The molecule has 3 aromatic rings. The molecule has 1 unspecified atom stereocenters. The highest BCUT2D eigenvalue weighted by atomic mass is 35.5. The second kappa shape index (κ2) is 8.44. The first kappa shape index (κ1) is 20.3. The highest BCUT2D eigenvalue weighted by molar-refractivity contribution is 7.85. The van der Waals surface area contributed by atoms with Crippen molar-refractivity contribution >= 4 is 67.8 Å². The van der Waals surface area contributed by atoms with Crippen molar-refractivity contribution in [3.63, 3.8) is 0 Å². The van der Waals surface area contributed by atoms with Crippen molar-refractivity contribution in [2.75, 3.05) is 16.8 Å². The molecule has 2 aromatic carbocycles. The zero-order chi connectivity index (χ0) is 20.5. The van der Waals surface area contributed by atoms with E-state index >= 15 is 0 Å². The molecule has 29 heavy (non-hydrogen) atoms. The molecule has 1 heterocycles. The Morgan fingerprint density at radius 3 is 2.59 bits per heavy atom. The van der Waals surface area contributed by atoms with Gasteiger partial charge in [0.05, 0.1) is 26.4 Å². The summed E-state index contributed by atoms with van der Waals surface area (Å²) in [4.78, 5) is 18.2. The molecular weight excluding hydrogens is 449 g/mol. The van der Waals surface area contributed by atoms with Crippen molar-refractivity contribution in [2.45, 2.75) is 17.7 Å². The molecule has 4 rings (SSSR count). The van der Waals surface area contributed by atoms with Gasteiger partial charge in [0.15, 0.2) is 5.13 Å². The lowest BCUT2D eigenvalue weighted by Crippen LogP contribution is -2.04. The first-order chi connectivity index (χ1) is 13.9. The van der Waals surface area contributed by atoms with Crippen molar-refractivity contribution in [1.29, 1.82) is 0 Å². The summed E-state index contributed by atoms with van der Waals surface area (Å²) in [7, 11) is -1.02. The fraction of sp³-hybridized carbons (Fsp3) is 0.200. The Morgan fingerprint density at radius 1 is 1.21 bits per heavy atom. The van der Waals surface area contributed by atoms with Crippen molar-refractivity contribution in [2.24, 2.45) is 5.92 Å². The van der Waals surface area contributed by atoms with Crippen LogP contribution in [0.2, 0.25) is 10.0 Å². The lowest BCUT2D eigenvalue weighted by Gasteiger charge is -2.06. The van der Waals surface area contributed by atoms with E-state index in [4.69, 9.17) is 28.9 Å². The zero-order valence-corrected chi connectivity index (χ0v) is 18.3. The lowest BCUT2D eigenvalue weighted by atomic mass is 10.1. The van der Waals surface area contributed by atoms with Crippen LogP contribution < -0.4 is 11.1 Å². The Hall–Kier alpha value is -1.93. The topological polar surface area (TPSA) is 85.1 Å². The number of nitrogens with one attached hydrogen (secondary N) is 1. The van der Waals surface area contributed by atoms with Gasteiger partial charge in [-0.1, -0.05) is 46.7 Å². The van der Waals surface area contributed by atoms with Gasteiger partial charge in [-0.05, 0) is 49.1 Å². The number of nitrogens with two attached hydrogens (primary N) is 1. The average molecular weight is 466 g/mol. The van der Waals surface area contributed by atoms with E-state index < -0.39 is 10.8 Å². The first-order valence-corrected chi connectivity index (χ1v) is 11.8. The van der Waals surface area contributed by atoms with E-state index in [0.717, 1.165) is 34.8 Å². The third kappa shape index (κ3) is 4.64. The predicted molar refractivity (Wildman–Crippen MR) is 120 cm³/mol. The number of thiazole rings is 1. The van der Waals surface area contributed by atoms with Crippen LogP contribution in [0.15, 0.2) is 47.4 Å². The van der Waals surface area contributed by atoms with Crippen molar-refractivity contribution in [3.8, 4) is 0 Å². The summed E-state index contributed by atoms with van der Waals surface area (Å²) < 4.78 is 12.4. The molecule has 0 radical (unpaired) electrons. The van der Waals surface area contributed by atoms with Crippen LogP contribution in [0.1, 0.15) is 28.1 Å². The Labute approximate surface area is 184 Å². The molecule has 1 aliphatic carbocycles. The van der Waals surface area contributed by atoms with Crippen LogP contribution in [0.25, 0.3) is 0 Å². The monoisotopic (exact) mass is 465 g/mol. The molecule has 0 aliphatic heterocycles. The van der Waals surface area contributed by atoms with Crippen LogP contribution in [0.4, 0.5) is 16.6 Å². The molecule has 0 bridgehead atoms. The summed E-state index contributed by atoms with van der Waals surface area (Å²) in [5.41, 5.74) is 6.91. The number of nitrogens with zero attached hydrogens (tertiary/aromatic N) is 1. The SMILES string of the molecule is Nc1nc(Nc2cccc(S(=O)CC3CC3)c2)sc1C(=O)c1c(Cl)cccc1Cl. The Morgan fingerprint density at radius 2 is 1.90 bits per heavy atom. The van der Waals surface area contributed by atoms with E-state index in [1.54, 1.807) is 18.2 Å². The third-order valence-corrected chi connectivity index (χ3v) is 7.65. The second-order valence-corrected chi connectivity index (χ2v) is 10.1. The van der Waals surface area contributed by atoms with Crippen molar-refractivity contribution < 1.29 is 9.00 Å². The molecule has 1 fully saturated rings. The Kier molecular flexibility index (Phi) is 5.92. The Bertz CT molecular complexity index is 1090. The van der Waals surface area contributed by atoms with Crippen LogP contribution >= 0.6 is 34.5 Å². The maximum absolute atomic E-state index is 12.9. The van der Waals surface area contributed by atoms with Crippen LogP contribution in [-0.2, 0) is 10.8 Å². The van der Waals surface area contributed by atoms with E-state index in [9.17, 15) is 9.00 Å². The van der Waals surface area contributed by atoms with Gasteiger partial charge in [-0.25, -0.2) is 4.98 Å². The molecule has 1 saturated carbocycles. The predicted octanol–water partition coefficient (Wildman–Crippen LogP) is 5.52. The molecule has 5 nitrogen and oxygen atoms in total. The molecule has 1 atom stereocenters. The minimum Gasteiger partial charge on any atom is -0.382 e. The number of benzene rings is 2. The molecule has 1 aromatic heterocycles. The van der Waals surface area contributed by atoms with Gasteiger partial charge in [0, 0.05) is 16.3 Å². The minimum atomic E-state index is -1.02. The summed E-state index contributed by atoms with van der Waals surface area (Å²) in [5.74, 6) is 1.01. The highest BCUT2D eigenvalue weighted by Crippen LogP contribution is 2.34. The van der Waals surface area contributed by atoms with Gasteiger partial charge in [-0.3, -0.25) is 9.00 Å². The summed E-state index contributed by atoms with van der Waals surface area (Å²) >= 11 is 13.4. The van der Waals surface area contributed by atoms with Crippen LogP contribution in [-0.4, -0.2) is 20.7 Å². The summed E-state index contributed by atoms with van der Waals surface area (Å²) in [6.45, 7) is 0. The number of hydrogen-bond acceptors (Lipinski definition) is 6. The summed E-state index contributed by atoms with van der Waals surface area (Å²) in [5, 5.41) is 4.12. The summed E-state index contributed by atoms with van der Waals surface area (Å²) in [6.07, 6.45) is 2.32. The van der Waals surface area contributed by atoms with E-state index in [1.807, 2.05) is 24.3 Å². The third-order valence-electron chi connectivity index (χ3n) is 4.48. The number of anilines is 3. The molecule has 1 aliphatic rings. The van der Waals surface area contributed by atoms with Gasteiger partial charge >= 0.3 is 0 Å². The quantitative estimate of drug-likeness (QED) is 0.448.